The van der Waals surface area contributed by atoms with Gasteiger partial charge in [-0.25, -0.2) is 0 Å². The molecule has 0 aromatic heterocycles. The highest BCUT2D eigenvalue weighted by atomic mass is 16.6. The number of carbonyl (C=O) groups is 4. The lowest BCUT2D eigenvalue weighted by molar-refractivity contribution is -0.133. The van der Waals surface area contributed by atoms with Gasteiger partial charge in [-0.05, 0) is 38.2 Å². The van der Waals surface area contributed by atoms with Gasteiger partial charge >= 0.3 is 0 Å². The Morgan fingerprint density at radius 1 is 1.02 bits per heavy atom. The Morgan fingerprint density at radius 2 is 1.68 bits per heavy atom. The van der Waals surface area contributed by atoms with Gasteiger partial charge in [0.25, 0.3) is 0 Å². The molecule has 2 aliphatic heterocycles. The molecule has 1 aromatic carbocycles. The highest BCUT2D eigenvalue weighted by molar-refractivity contribution is 5.98. The maximum absolute atomic E-state index is 13.7. The van der Waals surface area contributed by atoms with Gasteiger partial charge in [0.1, 0.15) is 17.9 Å². The molecule has 226 valence electrons. The summed E-state index contributed by atoms with van der Waals surface area (Å²) in [6.07, 6.45) is 7.23. The van der Waals surface area contributed by atoms with Crippen molar-refractivity contribution in [3.05, 3.63) is 35.9 Å². The minimum absolute atomic E-state index is 0.157. The molecule has 3 aliphatic rings. The number of carbonyl (C=O) groups excluding carboxylic acids is 4. The van der Waals surface area contributed by atoms with Crippen molar-refractivity contribution in [2.75, 3.05) is 39.5 Å². The maximum Gasteiger partial charge on any atom is 0.243 e. The zero-order chi connectivity index (χ0) is 29.2. The minimum Gasteiger partial charge on any atom is -0.379 e. The molecule has 4 rings (SSSR count). The number of amides is 2. The third-order valence-corrected chi connectivity index (χ3v) is 8.64. The molecule has 2 amide bonds. The molecule has 10 nitrogen and oxygen atoms in total. The number of rotatable bonds is 15. The van der Waals surface area contributed by atoms with E-state index in [0.29, 0.717) is 58.2 Å². The van der Waals surface area contributed by atoms with Crippen LogP contribution in [0.4, 0.5) is 0 Å². The van der Waals surface area contributed by atoms with E-state index in [4.69, 9.17) is 9.47 Å². The molecule has 1 aliphatic carbocycles. The van der Waals surface area contributed by atoms with E-state index in [2.05, 4.69) is 16.0 Å². The first kappa shape index (κ1) is 31.3. The molecule has 1 saturated carbocycles. The number of nitrogens with zero attached hydrogens (tertiary/aromatic N) is 1. The number of morpholine rings is 1. The Labute approximate surface area is 243 Å². The number of hydrogen-bond acceptors (Lipinski definition) is 8. The number of hydrogen-bond donors (Lipinski definition) is 3. The van der Waals surface area contributed by atoms with Gasteiger partial charge in [-0.15, -0.1) is 0 Å². The molecular weight excluding hydrogens is 524 g/mol. The molecular formula is C31H46N4O6. The average Bonchev–Trinajstić information content (AvgIpc) is 3.76. The second-order valence-electron chi connectivity index (χ2n) is 11.9. The smallest absolute Gasteiger partial charge is 0.243 e. The monoisotopic (exact) mass is 570 g/mol. The van der Waals surface area contributed by atoms with Crippen LogP contribution in [0.1, 0.15) is 57.9 Å². The number of ether oxygens (including phenoxy) is 2. The lowest BCUT2D eigenvalue weighted by Gasteiger charge is -2.32. The van der Waals surface area contributed by atoms with Crippen LogP contribution >= 0.6 is 0 Å². The third-order valence-electron chi connectivity index (χ3n) is 8.64. The number of nitrogens with one attached hydrogen (secondary N) is 3. The van der Waals surface area contributed by atoms with Crippen LogP contribution in [0.2, 0.25) is 0 Å². The van der Waals surface area contributed by atoms with Gasteiger partial charge in [0, 0.05) is 19.6 Å². The van der Waals surface area contributed by atoms with Gasteiger partial charge in [-0.3, -0.25) is 19.3 Å². The summed E-state index contributed by atoms with van der Waals surface area (Å²) in [6.45, 7) is 6.64. The molecule has 3 N–H and O–H groups in total. The van der Waals surface area contributed by atoms with Crippen LogP contribution in [0, 0.1) is 5.92 Å². The van der Waals surface area contributed by atoms with Crippen molar-refractivity contribution in [2.24, 2.45) is 5.92 Å². The van der Waals surface area contributed by atoms with E-state index in [1.807, 2.05) is 35.2 Å². The van der Waals surface area contributed by atoms with Crippen LogP contribution in [-0.4, -0.2) is 98.0 Å². The van der Waals surface area contributed by atoms with Crippen molar-refractivity contribution in [1.82, 2.24) is 20.9 Å². The molecule has 1 unspecified atom stereocenters. The summed E-state index contributed by atoms with van der Waals surface area (Å²) < 4.78 is 10.8. The highest BCUT2D eigenvalue weighted by Gasteiger charge is 2.50. The van der Waals surface area contributed by atoms with Gasteiger partial charge in [0.05, 0.1) is 37.9 Å². The highest BCUT2D eigenvalue weighted by Crippen LogP contribution is 2.30. The van der Waals surface area contributed by atoms with Crippen LogP contribution in [0.25, 0.3) is 0 Å². The van der Waals surface area contributed by atoms with Crippen LogP contribution in [0.3, 0.4) is 0 Å². The van der Waals surface area contributed by atoms with E-state index in [1.54, 1.807) is 13.8 Å². The summed E-state index contributed by atoms with van der Waals surface area (Å²) in [6, 6.07) is 7.09. The van der Waals surface area contributed by atoms with E-state index in [0.717, 1.165) is 37.5 Å². The predicted molar refractivity (Wildman–Crippen MR) is 154 cm³/mol. The van der Waals surface area contributed by atoms with Crippen molar-refractivity contribution < 1.29 is 28.7 Å². The zero-order valence-corrected chi connectivity index (χ0v) is 24.4. The fourth-order valence-electron chi connectivity index (χ4n) is 5.80. The number of Topliss-reactive ketones (excluding diaryl/α,β-unsaturated/α-hetero) is 1. The van der Waals surface area contributed by atoms with E-state index >= 15 is 0 Å². The molecule has 2 saturated heterocycles. The van der Waals surface area contributed by atoms with Gasteiger partial charge in [0.2, 0.25) is 11.8 Å². The summed E-state index contributed by atoms with van der Waals surface area (Å²) in [5.74, 6) is -0.489. The van der Waals surface area contributed by atoms with Crippen molar-refractivity contribution in [1.29, 1.82) is 0 Å². The van der Waals surface area contributed by atoms with Crippen molar-refractivity contribution in [3.8, 4) is 0 Å². The largest absolute Gasteiger partial charge is 0.379 e. The topological polar surface area (TPSA) is 129 Å². The maximum atomic E-state index is 13.7. The van der Waals surface area contributed by atoms with Gasteiger partial charge < -0.3 is 30.2 Å². The standard InChI is InChI=1S/C31H46N4O6/c1-22(32-19-25(20-36)35-13-15-40-16-14-35)29(38)34-27(18-24-11-7-4-8-12-24)30(39)33-26(28(37)31(2)21-41-31)17-23-9-5-3-6-10-23/h3,5-6,9-10,20,22,24-27,32H,4,7-8,11-19,21H2,1-2H3,(H,33,39)(H,34,38)/t22-,25?,26-,27-,31+/m0/s1. The van der Waals surface area contributed by atoms with Crippen molar-refractivity contribution >= 4 is 23.9 Å². The zero-order valence-electron chi connectivity index (χ0n) is 24.4. The van der Waals surface area contributed by atoms with Crippen LogP contribution in [0.5, 0.6) is 0 Å². The number of benzene rings is 1. The molecule has 41 heavy (non-hydrogen) atoms. The van der Waals surface area contributed by atoms with Crippen molar-refractivity contribution in [3.63, 3.8) is 0 Å². The first-order chi connectivity index (χ1) is 19.8. The summed E-state index contributed by atoms with van der Waals surface area (Å²) in [4.78, 5) is 54.1. The second-order valence-corrected chi connectivity index (χ2v) is 11.9. The summed E-state index contributed by atoms with van der Waals surface area (Å²) >= 11 is 0. The number of aldehydes is 1. The van der Waals surface area contributed by atoms with E-state index in [1.165, 1.54) is 6.42 Å². The lowest BCUT2D eigenvalue weighted by Crippen LogP contribution is -2.57. The Bertz CT molecular complexity index is 1020. The number of ketones is 1. The lowest BCUT2D eigenvalue weighted by atomic mass is 9.84. The Kier molecular flexibility index (Phi) is 11.4. The number of epoxide rings is 1. The average molecular weight is 571 g/mol. The molecule has 2 heterocycles. The van der Waals surface area contributed by atoms with Crippen LogP contribution < -0.4 is 16.0 Å². The molecule has 10 heteroatoms. The summed E-state index contributed by atoms with van der Waals surface area (Å²) in [5.41, 5.74) is 0.0502. The fourth-order valence-corrected chi connectivity index (χ4v) is 5.80. The van der Waals surface area contributed by atoms with Gasteiger partial charge in [0.15, 0.2) is 5.78 Å². The molecule has 0 radical (unpaired) electrons. The Balaban J connectivity index is 1.41. The van der Waals surface area contributed by atoms with E-state index < -0.39 is 23.7 Å². The third kappa shape index (κ3) is 9.16. The summed E-state index contributed by atoms with van der Waals surface area (Å²) in [5, 5.41) is 9.12. The molecule has 1 aromatic rings. The first-order valence-corrected chi connectivity index (χ1v) is 15.1. The molecule has 3 fully saturated rings. The quantitative estimate of drug-likeness (QED) is 0.213. The van der Waals surface area contributed by atoms with E-state index in [9.17, 15) is 19.2 Å². The SMILES string of the molecule is C[C@H](NCC(C=O)N1CCOCC1)C(=O)N[C@@H](CC1CCCCC1)C(=O)N[C@@H](Cc1ccccc1)C(=O)[C@@]1(C)CO1. The predicted octanol–water partition coefficient (Wildman–Crippen LogP) is 1.40. The van der Waals surface area contributed by atoms with E-state index in [-0.39, 0.29) is 23.6 Å². The molecule has 0 bridgehead atoms. The first-order valence-electron chi connectivity index (χ1n) is 15.1. The Morgan fingerprint density at radius 3 is 2.32 bits per heavy atom. The van der Waals surface area contributed by atoms with Crippen molar-refractivity contribution in [2.45, 2.75) is 88.6 Å². The van der Waals surface area contributed by atoms with Crippen LogP contribution in [0.15, 0.2) is 30.3 Å². The molecule has 5 atom stereocenters. The summed E-state index contributed by atoms with van der Waals surface area (Å²) in [7, 11) is 0. The second kappa shape index (κ2) is 15.0. The fraction of sp³-hybridized carbons (Fsp3) is 0.677. The van der Waals surface area contributed by atoms with Gasteiger partial charge in [-0.1, -0.05) is 62.4 Å². The van der Waals surface area contributed by atoms with Gasteiger partial charge in [-0.2, -0.15) is 0 Å². The molecule has 0 spiro atoms. The normalized spacial score (nSPS) is 24.4. The van der Waals surface area contributed by atoms with Crippen LogP contribution in [-0.2, 0) is 35.1 Å². The Hall–Kier alpha value is -2.66. The minimum atomic E-state index is -0.886.